The van der Waals surface area contributed by atoms with Crippen LogP contribution in [0, 0.1) is 5.92 Å². The molecular formula is C20H28N2O4. The number of carbonyl (C=O) groups excluding carboxylic acids is 2. The molecule has 0 spiro atoms. The highest BCUT2D eigenvalue weighted by atomic mass is 16.5. The van der Waals surface area contributed by atoms with Crippen LogP contribution < -0.4 is 4.74 Å². The van der Waals surface area contributed by atoms with Gasteiger partial charge in [0.2, 0.25) is 11.8 Å². The molecule has 0 radical (unpaired) electrons. The van der Waals surface area contributed by atoms with Crippen molar-refractivity contribution in [3.05, 3.63) is 30.3 Å². The fraction of sp³-hybridized carbons (Fsp3) is 0.600. The number of ether oxygens (including phenoxy) is 1. The van der Waals surface area contributed by atoms with Crippen LogP contribution >= 0.6 is 0 Å². The van der Waals surface area contributed by atoms with Gasteiger partial charge in [0, 0.05) is 26.2 Å². The van der Waals surface area contributed by atoms with Crippen molar-refractivity contribution in [1.82, 2.24) is 9.80 Å². The van der Waals surface area contributed by atoms with Crippen LogP contribution in [0.15, 0.2) is 30.3 Å². The van der Waals surface area contributed by atoms with E-state index < -0.39 is 0 Å². The summed E-state index contributed by atoms with van der Waals surface area (Å²) in [5, 5.41) is 9.44. The Morgan fingerprint density at radius 2 is 2.00 bits per heavy atom. The maximum absolute atomic E-state index is 12.7. The lowest BCUT2D eigenvalue weighted by Crippen LogP contribution is -2.52. The summed E-state index contributed by atoms with van der Waals surface area (Å²) < 4.78 is 5.60. The van der Waals surface area contributed by atoms with Crippen molar-refractivity contribution in [2.45, 2.75) is 44.2 Å². The summed E-state index contributed by atoms with van der Waals surface area (Å²) >= 11 is 0. The van der Waals surface area contributed by atoms with Crippen molar-refractivity contribution in [2.24, 2.45) is 5.92 Å². The third-order valence-electron chi connectivity index (χ3n) is 5.43. The normalized spacial score (nSPS) is 25.3. The molecule has 0 unspecified atom stereocenters. The molecule has 6 nitrogen and oxygen atoms in total. The Hall–Kier alpha value is -2.08. The van der Waals surface area contributed by atoms with E-state index in [4.69, 9.17) is 4.74 Å². The topological polar surface area (TPSA) is 70.1 Å². The smallest absolute Gasteiger partial charge is 0.227 e. The zero-order chi connectivity index (χ0) is 18.5. The Kier molecular flexibility index (Phi) is 6.14. The number of piperidine rings is 1. The Labute approximate surface area is 154 Å². The number of carbonyl (C=O) groups is 2. The molecule has 1 atom stereocenters. The monoisotopic (exact) mass is 360 g/mol. The van der Waals surface area contributed by atoms with Crippen LogP contribution in [0.2, 0.25) is 0 Å². The number of nitrogens with zero attached hydrogens (tertiary/aromatic N) is 2. The number of rotatable bonds is 6. The van der Waals surface area contributed by atoms with E-state index in [1.165, 1.54) is 0 Å². The van der Waals surface area contributed by atoms with Gasteiger partial charge in [-0.1, -0.05) is 18.2 Å². The minimum atomic E-state index is -0.274. The van der Waals surface area contributed by atoms with E-state index in [1.54, 1.807) is 9.80 Å². The molecule has 1 heterocycles. The van der Waals surface area contributed by atoms with Crippen LogP contribution in [0.3, 0.4) is 0 Å². The van der Waals surface area contributed by atoms with Gasteiger partial charge in [-0.15, -0.1) is 0 Å². The molecule has 1 saturated heterocycles. The van der Waals surface area contributed by atoms with Gasteiger partial charge in [0.15, 0.2) is 0 Å². The number of para-hydroxylation sites is 1. The minimum absolute atomic E-state index is 0.0418. The molecule has 1 aromatic carbocycles. The second-order valence-electron chi connectivity index (χ2n) is 7.32. The lowest BCUT2D eigenvalue weighted by atomic mass is 9.87. The molecule has 142 valence electrons. The van der Waals surface area contributed by atoms with Crippen LogP contribution in [0.4, 0.5) is 0 Å². The third-order valence-corrected chi connectivity index (χ3v) is 5.43. The molecule has 1 aromatic rings. The summed E-state index contributed by atoms with van der Waals surface area (Å²) in [4.78, 5) is 28.7. The van der Waals surface area contributed by atoms with Crippen LogP contribution in [-0.2, 0) is 9.59 Å². The standard InChI is InChI=1S/C20H28N2O4/c1-21(16-12-17(23)13-16)20(25)15-6-5-10-22(14-15)19(24)9-11-26-18-7-3-2-4-8-18/h2-4,7-8,15-17,23H,5-6,9-14H2,1H3/t15-,16?,17?/m0/s1. The molecule has 1 aliphatic heterocycles. The van der Waals surface area contributed by atoms with Gasteiger partial charge in [-0.2, -0.15) is 0 Å². The van der Waals surface area contributed by atoms with Crippen molar-refractivity contribution >= 4 is 11.8 Å². The Morgan fingerprint density at radius 1 is 1.27 bits per heavy atom. The molecule has 1 saturated carbocycles. The summed E-state index contributed by atoms with van der Waals surface area (Å²) in [6.07, 6.45) is 3.04. The van der Waals surface area contributed by atoms with Gasteiger partial charge in [-0.05, 0) is 37.8 Å². The molecule has 2 amide bonds. The summed E-state index contributed by atoms with van der Waals surface area (Å²) in [7, 11) is 1.81. The SMILES string of the molecule is CN(C(=O)[C@H]1CCCN(C(=O)CCOc2ccccc2)C1)C1CC(O)C1. The van der Waals surface area contributed by atoms with Crippen molar-refractivity contribution in [3.8, 4) is 5.75 Å². The van der Waals surface area contributed by atoms with Gasteiger partial charge in [0.05, 0.1) is 25.0 Å². The van der Waals surface area contributed by atoms with E-state index in [0.717, 1.165) is 18.6 Å². The zero-order valence-electron chi connectivity index (χ0n) is 15.3. The van der Waals surface area contributed by atoms with Gasteiger partial charge in [0.25, 0.3) is 0 Å². The van der Waals surface area contributed by atoms with Crippen LogP contribution in [0.25, 0.3) is 0 Å². The van der Waals surface area contributed by atoms with Crippen molar-refractivity contribution < 1.29 is 19.4 Å². The Bertz CT molecular complexity index is 615. The molecule has 0 aromatic heterocycles. The zero-order valence-corrected chi connectivity index (χ0v) is 15.3. The van der Waals surface area contributed by atoms with Gasteiger partial charge in [-0.3, -0.25) is 9.59 Å². The first-order valence-electron chi connectivity index (χ1n) is 9.45. The average Bonchev–Trinajstić information content (AvgIpc) is 2.65. The van der Waals surface area contributed by atoms with E-state index in [1.807, 2.05) is 37.4 Å². The second kappa shape index (κ2) is 8.54. The minimum Gasteiger partial charge on any atom is -0.493 e. The molecule has 6 heteroatoms. The molecule has 1 N–H and O–H groups in total. The summed E-state index contributed by atoms with van der Waals surface area (Å²) in [5.74, 6) is 0.766. The number of benzene rings is 1. The summed E-state index contributed by atoms with van der Waals surface area (Å²) in [5.41, 5.74) is 0. The molecule has 2 aliphatic rings. The Morgan fingerprint density at radius 3 is 2.69 bits per heavy atom. The maximum Gasteiger partial charge on any atom is 0.227 e. The predicted octanol–water partition coefficient (Wildman–Crippen LogP) is 1.68. The Balaban J connectivity index is 1.45. The fourth-order valence-electron chi connectivity index (χ4n) is 3.68. The fourth-order valence-corrected chi connectivity index (χ4v) is 3.68. The molecular weight excluding hydrogens is 332 g/mol. The second-order valence-corrected chi connectivity index (χ2v) is 7.32. The van der Waals surface area contributed by atoms with Crippen LogP contribution in [-0.4, -0.2) is 65.6 Å². The van der Waals surface area contributed by atoms with Crippen molar-refractivity contribution in [1.29, 1.82) is 0 Å². The first-order valence-corrected chi connectivity index (χ1v) is 9.45. The van der Waals surface area contributed by atoms with E-state index in [-0.39, 0.29) is 29.9 Å². The third kappa shape index (κ3) is 4.55. The lowest BCUT2D eigenvalue weighted by Gasteiger charge is -2.41. The van der Waals surface area contributed by atoms with Gasteiger partial charge in [0.1, 0.15) is 5.75 Å². The molecule has 26 heavy (non-hydrogen) atoms. The number of hydrogen-bond acceptors (Lipinski definition) is 4. The van der Waals surface area contributed by atoms with E-state index in [2.05, 4.69) is 0 Å². The van der Waals surface area contributed by atoms with E-state index in [9.17, 15) is 14.7 Å². The highest BCUT2D eigenvalue weighted by Gasteiger charge is 2.37. The predicted molar refractivity (Wildman–Crippen MR) is 97.7 cm³/mol. The van der Waals surface area contributed by atoms with Crippen molar-refractivity contribution in [3.63, 3.8) is 0 Å². The largest absolute Gasteiger partial charge is 0.493 e. The molecule has 3 rings (SSSR count). The highest BCUT2D eigenvalue weighted by Crippen LogP contribution is 2.27. The first-order chi connectivity index (χ1) is 12.5. The van der Waals surface area contributed by atoms with Gasteiger partial charge >= 0.3 is 0 Å². The quantitative estimate of drug-likeness (QED) is 0.838. The number of aliphatic hydroxyl groups is 1. The highest BCUT2D eigenvalue weighted by molar-refractivity contribution is 5.81. The van der Waals surface area contributed by atoms with Crippen LogP contribution in [0.5, 0.6) is 5.75 Å². The average molecular weight is 360 g/mol. The van der Waals surface area contributed by atoms with E-state index in [0.29, 0.717) is 39.0 Å². The summed E-state index contributed by atoms with van der Waals surface area (Å²) in [6.45, 7) is 1.54. The van der Waals surface area contributed by atoms with Gasteiger partial charge in [-0.25, -0.2) is 0 Å². The number of likely N-dealkylation sites (tertiary alicyclic amines) is 1. The number of hydrogen-bond donors (Lipinski definition) is 1. The van der Waals surface area contributed by atoms with Gasteiger partial charge < -0.3 is 19.6 Å². The maximum atomic E-state index is 12.7. The number of amides is 2. The summed E-state index contributed by atoms with van der Waals surface area (Å²) in [6, 6.07) is 9.60. The molecule has 0 bridgehead atoms. The molecule has 2 fully saturated rings. The van der Waals surface area contributed by atoms with Crippen LogP contribution in [0.1, 0.15) is 32.1 Å². The lowest BCUT2D eigenvalue weighted by molar-refractivity contribution is -0.144. The van der Waals surface area contributed by atoms with E-state index >= 15 is 0 Å². The first kappa shape index (κ1) is 18.7. The molecule has 1 aliphatic carbocycles. The van der Waals surface area contributed by atoms with Crippen molar-refractivity contribution in [2.75, 3.05) is 26.7 Å². The number of aliphatic hydroxyl groups excluding tert-OH is 1.